The number of ether oxygens (including phenoxy) is 4. The summed E-state index contributed by atoms with van der Waals surface area (Å²) >= 11 is 0. The van der Waals surface area contributed by atoms with Crippen LogP contribution in [0.1, 0.15) is 310 Å². The molecule has 0 rings (SSSR count). The summed E-state index contributed by atoms with van der Waals surface area (Å²) in [4.78, 5) is 72.9. The summed E-state index contributed by atoms with van der Waals surface area (Å²) < 4.78 is 68.4. The number of hydrogen-bond acceptors (Lipinski definition) is 15. The molecule has 5 atom stereocenters. The Kier molecular flexibility index (Phi) is 71.0. The molecule has 0 aliphatic carbocycles. The minimum atomic E-state index is -4.99. The molecule has 0 saturated carbocycles. The molecule has 0 amide bonds. The van der Waals surface area contributed by atoms with E-state index in [1.807, 2.05) is 18.2 Å². The summed E-state index contributed by atoms with van der Waals surface area (Å²) in [5, 5.41) is 10.6. The van der Waals surface area contributed by atoms with Crippen molar-refractivity contribution in [1.82, 2.24) is 0 Å². The third kappa shape index (κ3) is 73.5. The van der Waals surface area contributed by atoms with Gasteiger partial charge in [-0.3, -0.25) is 37.3 Å². The fourth-order valence-corrected chi connectivity index (χ4v) is 11.8. The second kappa shape index (κ2) is 74.5. The smallest absolute Gasteiger partial charge is 0.462 e. The molecule has 19 heteroatoms. The zero-order chi connectivity index (χ0) is 74.6. The molecule has 0 aliphatic heterocycles. The van der Waals surface area contributed by atoms with E-state index < -0.39 is 97.5 Å². The van der Waals surface area contributed by atoms with Crippen molar-refractivity contribution in [3.8, 4) is 0 Å². The molecule has 0 spiro atoms. The monoisotopic (exact) mass is 1470 g/mol. The average molecular weight is 1470 g/mol. The predicted molar refractivity (Wildman–Crippen MR) is 418 cm³/mol. The standard InChI is InChI=1S/C83H140O17P2/c1-5-9-13-17-21-25-29-32-35-37-38-40-43-45-49-52-56-60-64-68-80(85)93-73-78(99-82(87)69-65-61-57-53-47-28-24-20-16-12-8-4)75-97-101(89,90)95-71-77(84)72-96-102(91,92)98-76-79(100-83(88)70-66-62-58-54-50-46-41-34-31-27-23-19-15-11-7-3)74-94-81(86)67-63-59-55-51-48-44-42-39-36-33-30-26-22-18-14-10-6-2/h9-10,13-14,21-23,25-27,32-36,38,40-41,45,49,56,60,77-79,84H,5-8,11-12,15-20,24,28-31,37,39,42-44,46-48,50-55,57-59,61-76H2,1-4H3,(H,89,90)(H,91,92)/b13-9-,14-10-,25-21-,26-22-,27-23-,35-32-,36-33-,40-38-,41-34-,49-45-,60-56-. The Morgan fingerprint density at radius 1 is 0.284 bits per heavy atom. The number of unbranched alkanes of at least 4 members (excludes halogenated alkanes) is 25. The maximum atomic E-state index is 13.1. The Labute approximate surface area is 618 Å². The van der Waals surface area contributed by atoms with Crippen molar-refractivity contribution in [2.45, 2.75) is 329 Å². The maximum absolute atomic E-state index is 13.1. The summed E-state index contributed by atoms with van der Waals surface area (Å²) in [6.45, 7) is 4.51. The summed E-state index contributed by atoms with van der Waals surface area (Å²) in [7, 11) is -9.98. The van der Waals surface area contributed by atoms with Gasteiger partial charge in [0.1, 0.15) is 19.3 Å². The first-order valence-electron chi connectivity index (χ1n) is 39.4. The van der Waals surface area contributed by atoms with Gasteiger partial charge in [-0.2, -0.15) is 0 Å². The molecule has 0 heterocycles. The first-order chi connectivity index (χ1) is 49.7. The number of carbonyl (C=O) groups excluding carboxylic acids is 4. The van der Waals surface area contributed by atoms with Gasteiger partial charge in [-0.05, 0) is 128 Å². The fourth-order valence-electron chi connectivity index (χ4n) is 10.2. The number of hydrogen-bond donors (Lipinski definition) is 3. The van der Waals surface area contributed by atoms with E-state index in [-0.39, 0.29) is 25.7 Å². The van der Waals surface area contributed by atoms with E-state index in [0.717, 1.165) is 167 Å². The Morgan fingerprint density at radius 2 is 0.529 bits per heavy atom. The molecule has 3 N–H and O–H groups in total. The lowest BCUT2D eigenvalue weighted by Crippen LogP contribution is -2.30. The average Bonchev–Trinajstić information content (AvgIpc) is 0.926. The van der Waals surface area contributed by atoms with E-state index in [1.165, 1.54) is 57.8 Å². The van der Waals surface area contributed by atoms with Gasteiger partial charge in [-0.1, -0.05) is 290 Å². The van der Waals surface area contributed by atoms with E-state index in [0.29, 0.717) is 32.1 Å². The SMILES string of the molecule is CC/C=C\C/C=C\C/C=C\C/C=C\C/C=C\C/C=C\CCC(=O)OCC(COP(=O)(O)OCC(O)COP(=O)(O)OCC(COC(=O)CCCCCCCCC/C=C\C/C=C\C/C=C\CC)OC(=O)CCCCCCC/C=C\C/C=C\CCCCC)OC(=O)CCCCCCCCCCCCC. The number of phosphoric ester groups is 2. The lowest BCUT2D eigenvalue weighted by molar-refractivity contribution is -0.161. The van der Waals surface area contributed by atoms with Crippen molar-refractivity contribution in [3.05, 3.63) is 134 Å². The van der Waals surface area contributed by atoms with Crippen LogP contribution >= 0.6 is 15.6 Å². The van der Waals surface area contributed by atoms with Gasteiger partial charge in [0, 0.05) is 25.7 Å². The van der Waals surface area contributed by atoms with E-state index >= 15 is 0 Å². The topological polar surface area (TPSA) is 237 Å². The summed E-state index contributed by atoms with van der Waals surface area (Å²) in [6.07, 6.45) is 83.1. The van der Waals surface area contributed by atoms with Gasteiger partial charge < -0.3 is 33.8 Å². The van der Waals surface area contributed by atoms with Crippen LogP contribution in [0, 0.1) is 0 Å². The third-order valence-electron chi connectivity index (χ3n) is 16.1. The second-order valence-electron chi connectivity index (χ2n) is 25.9. The van der Waals surface area contributed by atoms with Crippen molar-refractivity contribution >= 4 is 39.5 Å². The highest BCUT2D eigenvalue weighted by Gasteiger charge is 2.30. The highest BCUT2D eigenvalue weighted by atomic mass is 31.2. The normalized spacial score (nSPS) is 14.6. The minimum Gasteiger partial charge on any atom is -0.462 e. The van der Waals surface area contributed by atoms with Gasteiger partial charge in [0.2, 0.25) is 0 Å². The van der Waals surface area contributed by atoms with Gasteiger partial charge in [-0.25, -0.2) is 9.13 Å². The van der Waals surface area contributed by atoms with E-state index in [9.17, 15) is 43.2 Å². The summed E-state index contributed by atoms with van der Waals surface area (Å²) in [5.74, 6) is -2.29. The van der Waals surface area contributed by atoms with Crippen molar-refractivity contribution < 1.29 is 80.2 Å². The highest BCUT2D eigenvalue weighted by Crippen LogP contribution is 2.45. The predicted octanol–water partition coefficient (Wildman–Crippen LogP) is 22.9. The first kappa shape index (κ1) is 97.2. The molecule has 0 aromatic heterocycles. The Bertz CT molecular complexity index is 2460. The van der Waals surface area contributed by atoms with Crippen LogP contribution in [0.5, 0.6) is 0 Å². The molecule has 0 aromatic carbocycles. The van der Waals surface area contributed by atoms with Crippen LogP contribution in [0.2, 0.25) is 0 Å². The summed E-state index contributed by atoms with van der Waals surface area (Å²) in [6, 6.07) is 0. The molecule has 0 aromatic rings. The number of carbonyl (C=O) groups is 4. The molecule has 0 bridgehead atoms. The molecular weight excluding hydrogens is 1330 g/mol. The molecule has 584 valence electrons. The molecule has 0 saturated heterocycles. The van der Waals surface area contributed by atoms with Gasteiger partial charge in [0.05, 0.1) is 26.4 Å². The van der Waals surface area contributed by atoms with Crippen molar-refractivity contribution in [1.29, 1.82) is 0 Å². The van der Waals surface area contributed by atoms with E-state index in [2.05, 4.69) is 143 Å². The van der Waals surface area contributed by atoms with Gasteiger partial charge >= 0.3 is 39.5 Å². The number of aliphatic hydroxyl groups is 1. The van der Waals surface area contributed by atoms with Crippen molar-refractivity contribution in [3.63, 3.8) is 0 Å². The molecule has 0 radical (unpaired) electrons. The van der Waals surface area contributed by atoms with Crippen LogP contribution < -0.4 is 0 Å². The Balaban J connectivity index is 5.40. The molecule has 17 nitrogen and oxygen atoms in total. The molecule has 102 heavy (non-hydrogen) atoms. The quantitative estimate of drug-likeness (QED) is 0.0169. The molecule has 0 fully saturated rings. The van der Waals surface area contributed by atoms with Crippen LogP contribution in [0.25, 0.3) is 0 Å². The van der Waals surface area contributed by atoms with Gasteiger partial charge in [0.15, 0.2) is 12.2 Å². The van der Waals surface area contributed by atoms with Crippen LogP contribution in [0.3, 0.4) is 0 Å². The van der Waals surface area contributed by atoms with Crippen LogP contribution in [-0.2, 0) is 65.4 Å². The van der Waals surface area contributed by atoms with Gasteiger partial charge in [-0.15, -0.1) is 0 Å². The van der Waals surface area contributed by atoms with Gasteiger partial charge in [0.25, 0.3) is 0 Å². The zero-order valence-corrected chi connectivity index (χ0v) is 65.5. The zero-order valence-electron chi connectivity index (χ0n) is 63.7. The highest BCUT2D eigenvalue weighted by molar-refractivity contribution is 7.47. The van der Waals surface area contributed by atoms with E-state index in [1.54, 1.807) is 0 Å². The number of esters is 4. The van der Waals surface area contributed by atoms with Crippen LogP contribution in [-0.4, -0.2) is 96.7 Å². The first-order valence-corrected chi connectivity index (χ1v) is 42.4. The number of allylic oxidation sites excluding steroid dienone is 22. The van der Waals surface area contributed by atoms with Crippen molar-refractivity contribution in [2.75, 3.05) is 39.6 Å². The number of aliphatic hydroxyl groups excluding tert-OH is 1. The number of phosphoric acid groups is 2. The molecule has 5 unspecified atom stereocenters. The third-order valence-corrected chi connectivity index (χ3v) is 18.0. The maximum Gasteiger partial charge on any atom is 0.472 e. The Hall–Kier alpha value is -4.80. The van der Waals surface area contributed by atoms with Crippen LogP contribution in [0.4, 0.5) is 0 Å². The second-order valence-corrected chi connectivity index (χ2v) is 28.8. The Morgan fingerprint density at radius 3 is 0.863 bits per heavy atom. The molecular formula is C83H140O17P2. The minimum absolute atomic E-state index is 0.0351. The molecule has 0 aliphatic rings. The fraction of sp³-hybridized carbons (Fsp3) is 0.687. The summed E-state index contributed by atoms with van der Waals surface area (Å²) in [5.41, 5.74) is 0. The lowest BCUT2D eigenvalue weighted by Gasteiger charge is -2.21. The van der Waals surface area contributed by atoms with Crippen molar-refractivity contribution in [2.24, 2.45) is 0 Å². The number of rotatable bonds is 73. The lowest BCUT2D eigenvalue weighted by atomic mass is 10.1. The van der Waals surface area contributed by atoms with E-state index in [4.69, 9.17) is 37.0 Å². The largest absolute Gasteiger partial charge is 0.472 e. The van der Waals surface area contributed by atoms with Crippen LogP contribution in [0.15, 0.2) is 134 Å².